The first-order valence-electron chi connectivity index (χ1n) is 6.97. The summed E-state index contributed by atoms with van der Waals surface area (Å²) in [6, 6.07) is 6.36. The molecule has 0 aliphatic carbocycles. The van der Waals surface area contributed by atoms with E-state index in [4.69, 9.17) is 9.47 Å². The smallest absolute Gasteiger partial charge is 0.161 e. The van der Waals surface area contributed by atoms with Gasteiger partial charge in [0, 0.05) is 23.0 Å². The molecule has 2 aromatic rings. The maximum atomic E-state index is 5.35. The van der Waals surface area contributed by atoms with Crippen LogP contribution in [-0.4, -0.2) is 25.2 Å². The largest absolute Gasteiger partial charge is 0.493 e. The van der Waals surface area contributed by atoms with Crippen LogP contribution in [0.15, 0.2) is 18.2 Å². The van der Waals surface area contributed by atoms with E-state index >= 15 is 0 Å². The zero-order valence-corrected chi connectivity index (χ0v) is 14.0. The maximum absolute atomic E-state index is 5.35. The molecule has 1 aromatic heterocycles. The molecule has 1 aromatic carbocycles. The molecule has 0 saturated carbocycles. The van der Waals surface area contributed by atoms with Crippen LogP contribution in [0.25, 0.3) is 10.6 Å². The molecule has 0 unspecified atom stereocenters. The predicted molar refractivity (Wildman–Crippen MR) is 87.4 cm³/mol. The van der Waals surface area contributed by atoms with Gasteiger partial charge in [-0.15, -0.1) is 11.3 Å². The van der Waals surface area contributed by atoms with Crippen LogP contribution in [0.1, 0.15) is 24.4 Å². The number of hydrogen-bond donors (Lipinski definition) is 1. The topological polar surface area (TPSA) is 43.4 Å². The molecule has 5 heteroatoms. The van der Waals surface area contributed by atoms with E-state index in [0.29, 0.717) is 6.04 Å². The van der Waals surface area contributed by atoms with E-state index in [1.807, 2.05) is 18.2 Å². The number of hydrogen-bond acceptors (Lipinski definition) is 5. The van der Waals surface area contributed by atoms with Crippen LogP contribution >= 0.6 is 11.3 Å². The molecule has 1 heterocycles. The van der Waals surface area contributed by atoms with E-state index in [2.05, 4.69) is 31.1 Å². The normalized spacial score (nSPS) is 11.0. The van der Waals surface area contributed by atoms with Crippen molar-refractivity contribution in [2.75, 3.05) is 14.2 Å². The highest BCUT2D eigenvalue weighted by molar-refractivity contribution is 7.15. The minimum atomic E-state index is 0.469. The fourth-order valence-electron chi connectivity index (χ4n) is 1.98. The number of nitrogens with zero attached hydrogens (tertiary/aromatic N) is 1. The standard InChI is InChI=1S/C16H22N2O2S/c1-10(2)17-9-15-11(3)18-16(21-15)12-6-7-13(19-4)14(8-12)20-5/h6-8,10,17H,9H2,1-5H3. The fourth-order valence-corrected chi connectivity index (χ4v) is 2.99. The number of methoxy groups -OCH3 is 2. The van der Waals surface area contributed by atoms with Crippen LogP contribution in [0.2, 0.25) is 0 Å². The van der Waals surface area contributed by atoms with Gasteiger partial charge in [-0.2, -0.15) is 0 Å². The number of aryl methyl sites for hydroxylation is 1. The van der Waals surface area contributed by atoms with Crippen LogP contribution in [0.5, 0.6) is 11.5 Å². The van der Waals surface area contributed by atoms with Gasteiger partial charge in [0.25, 0.3) is 0 Å². The van der Waals surface area contributed by atoms with Crippen LogP contribution < -0.4 is 14.8 Å². The van der Waals surface area contributed by atoms with Crippen molar-refractivity contribution >= 4 is 11.3 Å². The van der Waals surface area contributed by atoms with Gasteiger partial charge in [-0.1, -0.05) is 13.8 Å². The Morgan fingerprint density at radius 1 is 1.19 bits per heavy atom. The Kier molecular flexibility index (Phi) is 5.20. The third-order valence-corrected chi connectivity index (χ3v) is 4.40. The van der Waals surface area contributed by atoms with E-state index in [0.717, 1.165) is 34.3 Å². The van der Waals surface area contributed by atoms with Crippen LogP contribution in [-0.2, 0) is 6.54 Å². The Hall–Kier alpha value is -1.59. The molecule has 0 atom stereocenters. The molecule has 0 aliphatic rings. The Morgan fingerprint density at radius 3 is 2.52 bits per heavy atom. The summed E-state index contributed by atoms with van der Waals surface area (Å²) in [5.41, 5.74) is 2.13. The molecule has 21 heavy (non-hydrogen) atoms. The zero-order chi connectivity index (χ0) is 15.4. The average molecular weight is 306 g/mol. The molecule has 0 saturated heterocycles. The third-order valence-electron chi connectivity index (χ3n) is 3.19. The zero-order valence-electron chi connectivity index (χ0n) is 13.2. The first-order chi connectivity index (χ1) is 10.0. The van der Waals surface area contributed by atoms with Crippen LogP contribution in [0, 0.1) is 6.92 Å². The summed E-state index contributed by atoms with van der Waals surface area (Å²) in [5.74, 6) is 1.46. The summed E-state index contributed by atoms with van der Waals surface area (Å²) in [5, 5.41) is 4.44. The SMILES string of the molecule is COc1ccc(-c2nc(C)c(CNC(C)C)s2)cc1OC. The molecule has 0 aliphatic heterocycles. The van der Waals surface area contributed by atoms with Gasteiger partial charge < -0.3 is 14.8 Å². The van der Waals surface area contributed by atoms with Crippen molar-refractivity contribution in [1.29, 1.82) is 0 Å². The lowest BCUT2D eigenvalue weighted by Crippen LogP contribution is -2.21. The van der Waals surface area contributed by atoms with Gasteiger partial charge in [-0.3, -0.25) is 0 Å². The molecule has 0 amide bonds. The molecule has 0 fully saturated rings. The Bertz CT molecular complexity index is 608. The van der Waals surface area contributed by atoms with Gasteiger partial charge in [0.15, 0.2) is 11.5 Å². The molecular formula is C16H22N2O2S. The average Bonchev–Trinajstić information content (AvgIpc) is 2.85. The molecule has 1 N–H and O–H groups in total. The number of rotatable bonds is 6. The molecule has 0 radical (unpaired) electrons. The second-order valence-electron chi connectivity index (χ2n) is 5.13. The number of nitrogens with one attached hydrogen (secondary N) is 1. The molecular weight excluding hydrogens is 284 g/mol. The summed E-state index contributed by atoms with van der Waals surface area (Å²) in [7, 11) is 3.29. The number of ether oxygens (including phenoxy) is 2. The van der Waals surface area contributed by atoms with Crippen molar-refractivity contribution in [1.82, 2.24) is 10.3 Å². The number of benzene rings is 1. The van der Waals surface area contributed by atoms with Gasteiger partial charge in [0.05, 0.1) is 19.9 Å². The van der Waals surface area contributed by atoms with Gasteiger partial charge in [0.1, 0.15) is 5.01 Å². The first-order valence-corrected chi connectivity index (χ1v) is 7.79. The Morgan fingerprint density at radius 2 is 1.90 bits per heavy atom. The highest BCUT2D eigenvalue weighted by atomic mass is 32.1. The lowest BCUT2D eigenvalue weighted by molar-refractivity contribution is 0.355. The Labute approximate surface area is 130 Å². The molecule has 114 valence electrons. The quantitative estimate of drug-likeness (QED) is 0.885. The summed E-state index contributed by atoms with van der Waals surface area (Å²) in [6.07, 6.45) is 0. The minimum absolute atomic E-state index is 0.469. The second kappa shape index (κ2) is 6.91. The van der Waals surface area contributed by atoms with Gasteiger partial charge in [-0.05, 0) is 25.1 Å². The van der Waals surface area contributed by atoms with E-state index in [1.165, 1.54) is 4.88 Å². The molecule has 0 spiro atoms. The summed E-state index contributed by atoms with van der Waals surface area (Å²) < 4.78 is 10.6. The number of aromatic nitrogens is 1. The summed E-state index contributed by atoms with van der Waals surface area (Å²) in [4.78, 5) is 5.94. The van der Waals surface area contributed by atoms with Crippen molar-refractivity contribution in [3.63, 3.8) is 0 Å². The van der Waals surface area contributed by atoms with Crippen molar-refractivity contribution in [3.05, 3.63) is 28.8 Å². The summed E-state index contributed by atoms with van der Waals surface area (Å²) >= 11 is 1.72. The third kappa shape index (κ3) is 3.74. The van der Waals surface area contributed by atoms with Gasteiger partial charge in [-0.25, -0.2) is 4.98 Å². The number of thiazole rings is 1. The lowest BCUT2D eigenvalue weighted by atomic mass is 10.2. The highest BCUT2D eigenvalue weighted by Crippen LogP contribution is 2.34. The second-order valence-corrected chi connectivity index (χ2v) is 6.22. The molecule has 4 nitrogen and oxygen atoms in total. The van der Waals surface area contributed by atoms with Gasteiger partial charge >= 0.3 is 0 Å². The van der Waals surface area contributed by atoms with Gasteiger partial charge in [0.2, 0.25) is 0 Å². The van der Waals surface area contributed by atoms with Crippen molar-refractivity contribution in [3.8, 4) is 22.1 Å². The van der Waals surface area contributed by atoms with Crippen molar-refractivity contribution in [2.45, 2.75) is 33.4 Å². The fraction of sp³-hybridized carbons (Fsp3) is 0.438. The van der Waals surface area contributed by atoms with Crippen molar-refractivity contribution in [2.24, 2.45) is 0 Å². The van der Waals surface area contributed by atoms with E-state index in [1.54, 1.807) is 25.6 Å². The molecule has 2 rings (SSSR count). The van der Waals surface area contributed by atoms with E-state index in [-0.39, 0.29) is 0 Å². The monoisotopic (exact) mass is 306 g/mol. The molecule has 0 bridgehead atoms. The van der Waals surface area contributed by atoms with E-state index < -0.39 is 0 Å². The Balaban J connectivity index is 2.28. The van der Waals surface area contributed by atoms with Crippen LogP contribution in [0.3, 0.4) is 0 Å². The maximum Gasteiger partial charge on any atom is 0.161 e. The van der Waals surface area contributed by atoms with Crippen molar-refractivity contribution < 1.29 is 9.47 Å². The first kappa shape index (κ1) is 15.8. The lowest BCUT2D eigenvalue weighted by Gasteiger charge is -2.08. The van der Waals surface area contributed by atoms with Crippen LogP contribution in [0.4, 0.5) is 0 Å². The highest BCUT2D eigenvalue weighted by Gasteiger charge is 2.12. The minimum Gasteiger partial charge on any atom is -0.493 e. The predicted octanol–water partition coefficient (Wildman–Crippen LogP) is 3.63. The van der Waals surface area contributed by atoms with E-state index in [9.17, 15) is 0 Å². The summed E-state index contributed by atoms with van der Waals surface area (Å²) in [6.45, 7) is 7.20.